The molecule has 0 N–H and O–H groups in total. The maximum absolute atomic E-state index is 10.8. The topological polar surface area (TPSA) is 54.0 Å². The Labute approximate surface area is 111 Å². The zero-order chi connectivity index (χ0) is 13.6. The summed E-state index contributed by atoms with van der Waals surface area (Å²) >= 11 is 0. The van der Waals surface area contributed by atoms with Crippen LogP contribution in [0, 0.1) is 0 Å². The highest BCUT2D eigenvalue weighted by atomic mass is 28.2. The van der Waals surface area contributed by atoms with Crippen LogP contribution < -0.4 is 0 Å². The summed E-state index contributed by atoms with van der Waals surface area (Å²) in [6.07, 6.45) is 3.00. The van der Waals surface area contributed by atoms with Gasteiger partial charge in [-0.25, -0.2) is 4.79 Å². The van der Waals surface area contributed by atoms with Gasteiger partial charge >= 0.3 is 5.97 Å². The van der Waals surface area contributed by atoms with Crippen LogP contribution in [0.1, 0.15) is 26.7 Å². The second-order valence-corrected chi connectivity index (χ2v) is 5.07. The van der Waals surface area contributed by atoms with Gasteiger partial charge in [-0.15, -0.1) is 0 Å². The van der Waals surface area contributed by atoms with Crippen molar-refractivity contribution in [1.82, 2.24) is 0 Å². The predicted octanol–water partition coefficient (Wildman–Crippen LogP) is 1.37. The molecule has 0 saturated carbocycles. The van der Waals surface area contributed by atoms with Gasteiger partial charge in [0.2, 0.25) is 0 Å². The van der Waals surface area contributed by atoms with Crippen LogP contribution in [-0.2, 0) is 23.4 Å². The van der Waals surface area contributed by atoms with Gasteiger partial charge in [0.1, 0.15) is 0 Å². The number of hydrogen-bond acceptors (Lipinski definition) is 5. The molecule has 0 aliphatic heterocycles. The van der Waals surface area contributed by atoms with Crippen LogP contribution in [0.2, 0.25) is 6.04 Å². The van der Waals surface area contributed by atoms with Crippen molar-refractivity contribution >= 4 is 15.7 Å². The van der Waals surface area contributed by atoms with E-state index in [1.54, 1.807) is 0 Å². The molecule has 0 aromatic carbocycles. The summed E-state index contributed by atoms with van der Waals surface area (Å²) in [6.45, 7) is 8.42. The van der Waals surface area contributed by atoms with Crippen molar-refractivity contribution in [1.29, 1.82) is 0 Å². The van der Waals surface area contributed by atoms with E-state index >= 15 is 0 Å². The number of ether oxygens (including phenoxy) is 3. The minimum Gasteiger partial charge on any atom is -0.463 e. The Morgan fingerprint density at radius 3 is 2.33 bits per heavy atom. The summed E-state index contributed by atoms with van der Waals surface area (Å²) in [7, 11) is -0.804. The van der Waals surface area contributed by atoms with Gasteiger partial charge in [0, 0.05) is 6.08 Å². The van der Waals surface area contributed by atoms with Gasteiger partial charge in [-0.1, -0.05) is 20.4 Å². The first-order chi connectivity index (χ1) is 8.74. The van der Waals surface area contributed by atoms with Crippen LogP contribution in [0.25, 0.3) is 0 Å². The lowest BCUT2D eigenvalue weighted by molar-refractivity contribution is -0.247. The lowest BCUT2D eigenvalue weighted by Gasteiger charge is -2.18. The molecule has 0 spiro atoms. The molecule has 18 heavy (non-hydrogen) atoms. The Morgan fingerprint density at radius 1 is 1.22 bits per heavy atom. The van der Waals surface area contributed by atoms with Crippen LogP contribution in [0.3, 0.4) is 0 Å². The summed E-state index contributed by atoms with van der Waals surface area (Å²) < 4.78 is 21.2. The molecule has 0 saturated heterocycles. The van der Waals surface area contributed by atoms with E-state index in [4.69, 9.17) is 18.6 Å². The van der Waals surface area contributed by atoms with E-state index in [-0.39, 0.29) is 0 Å². The molecule has 106 valence electrons. The number of carbonyl (C=O) groups excluding carboxylic acids is 1. The van der Waals surface area contributed by atoms with Crippen LogP contribution in [0.4, 0.5) is 0 Å². The summed E-state index contributed by atoms with van der Waals surface area (Å²) in [5.41, 5.74) is 0. The van der Waals surface area contributed by atoms with E-state index in [0.29, 0.717) is 19.8 Å². The van der Waals surface area contributed by atoms with E-state index in [1.165, 1.54) is 0 Å². The van der Waals surface area contributed by atoms with E-state index < -0.39 is 22.2 Å². The molecule has 0 rings (SSSR count). The predicted molar refractivity (Wildman–Crippen MR) is 71.9 cm³/mol. The van der Waals surface area contributed by atoms with Crippen molar-refractivity contribution in [3.8, 4) is 0 Å². The van der Waals surface area contributed by atoms with Crippen LogP contribution >= 0.6 is 0 Å². The molecule has 0 bridgehead atoms. The molecule has 0 amide bonds. The first kappa shape index (κ1) is 17.3. The molecular formula is C12H24O5Si. The van der Waals surface area contributed by atoms with Crippen molar-refractivity contribution in [2.45, 2.75) is 39.2 Å². The molecule has 0 aliphatic carbocycles. The Balaban J connectivity index is 3.60. The fraction of sp³-hybridized carbons (Fsp3) is 0.750. The largest absolute Gasteiger partial charge is 0.463 e. The van der Waals surface area contributed by atoms with Gasteiger partial charge in [0.25, 0.3) is 6.48 Å². The van der Waals surface area contributed by atoms with Gasteiger partial charge in [-0.3, -0.25) is 0 Å². The minimum atomic E-state index is -0.804. The van der Waals surface area contributed by atoms with Crippen molar-refractivity contribution < 1.29 is 23.4 Å². The molecule has 0 aromatic rings. The summed E-state index contributed by atoms with van der Waals surface area (Å²) in [6, 6.07) is 0.737. The van der Waals surface area contributed by atoms with Crippen molar-refractivity contribution in [2.24, 2.45) is 0 Å². The van der Waals surface area contributed by atoms with E-state index in [9.17, 15) is 4.79 Å². The van der Waals surface area contributed by atoms with Crippen molar-refractivity contribution in [2.75, 3.05) is 19.8 Å². The summed E-state index contributed by atoms with van der Waals surface area (Å²) in [4.78, 5) is 10.8. The fourth-order valence-corrected chi connectivity index (χ4v) is 1.86. The average Bonchev–Trinajstić information content (AvgIpc) is 2.40. The Bertz CT molecular complexity index is 215. The molecule has 0 radical (unpaired) electrons. The highest BCUT2D eigenvalue weighted by Gasteiger charge is 2.08. The first-order valence-electron chi connectivity index (χ1n) is 6.38. The van der Waals surface area contributed by atoms with Crippen LogP contribution in [-0.4, -0.2) is 42.0 Å². The van der Waals surface area contributed by atoms with Crippen LogP contribution in [0.5, 0.6) is 0 Å². The first-order valence-corrected chi connectivity index (χ1v) is 7.96. The molecular weight excluding hydrogens is 252 g/mol. The van der Waals surface area contributed by atoms with E-state index in [2.05, 4.69) is 6.58 Å². The minimum absolute atomic E-state index is 0.366. The van der Waals surface area contributed by atoms with Gasteiger partial charge < -0.3 is 18.6 Å². The normalized spacial score (nSPS) is 11.3. The quantitative estimate of drug-likeness (QED) is 0.177. The Kier molecular flexibility index (Phi) is 12.3. The SMILES string of the molecule is C=CC(=O)OCC[SiH2]OC(OCCC)OCCC. The molecule has 5 nitrogen and oxygen atoms in total. The van der Waals surface area contributed by atoms with Crippen LogP contribution in [0.15, 0.2) is 12.7 Å². The molecule has 6 heteroatoms. The van der Waals surface area contributed by atoms with Crippen molar-refractivity contribution in [3.63, 3.8) is 0 Å². The maximum Gasteiger partial charge on any atom is 0.330 e. The third kappa shape index (κ3) is 10.5. The van der Waals surface area contributed by atoms with E-state index in [1.807, 2.05) is 13.8 Å². The lowest BCUT2D eigenvalue weighted by atomic mass is 10.5. The molecule has 0 heterocycles. The van der Waals surface area contributed by atoms with Gasteiger partial charge in [0.15, 0.2) is 9.76 Å². The standard InChI is InChI=1S/C12H24O5Si/c1-4-7-15-12(16-8-5-2)17-18-10-9-14-11(13)6-3/h6,12H,3-5,7-10,18H2,1-2H3. The summed E-state index contributed by atoms with van der Waals surface area (Å²) in [5.74, 6) is -0.398. The summed E-state index contributed by atoms with van der Waals surface area (Å²) in [5, 5.41) is 0. The molecule has 0 fully saturated rings. The Morgan fingerprint density at radius 2 is 1.83 bits per heavy atom. The Hall–Kier alpha value is -0.693. The smallest absolute Gasteiger partial charge is 0.330 e. The molecule has 0 unspecified atom stereocenters. The number of esters is 1. The molecule has 0 atom stereocenters. The van der Waals surface area contributed by atoms with Gasteiger partial charge in [-0.2, -0.15) is 0 Å². The van der Waals surface area contributed by atoms with Gasteiger partial charge in [-0.05, 0) is 18.9 Å². The fourth-order valence-electron chi connectivity index (χ4n) is 1.04. The zero-order valence-corrected chi connectivity index (χ0v) is 12.8. The van der Waals surface area contributed by atoms with Crippen molar-refractivity contribution in [3.05, 3.63) is 12.7 Å². The molecule has 0 aromatic heterocycles. The number of rotatable bonds is 12. The maximum atomic E-state index is 10.8. The van der Waals surface area contributed by atoms with E-state index in [0.717, 1.165) is 25.0 Å². The monoisotopic (exact) mass is 276 g/mol. The third-order valence-corrected chi connectivity index (χ3v) is 2.95. The second-order valence-electron chi connectivity index (χ2n) is 3.63. The second kappa shape index (κ2) is 12.8. The highest BCUT2D eigenvalue weighted by Crippen LogP contribution is 2.00. The number of hydrogen-bond donors (Lipinski definition) is 0. The number of carbonyl (C=O) groups is 1. The lowest BCUT2D eigenvalue weighted by Crippen LogP contribution is -2.24. The highest BCUT2D eigenvalue weighted by molar-refractivity contribution is 6.27. The zero-order valence-electron chi connectivity index (χ0n) is 11.4. The average molecular weight is 276 g/mol. The third-order valence-electron chi connectivity index (χ3n) is 1.87. The van der Waals surface area contributed by atoms with Gasteiger partial charge in [0.05, 0.1) is 19.8 Å². The molecule has 0 aliphatic rings.